The monoisotopic (exact) mass is 476 g/mol. The number of nitrogens with one attached hydrogen (secondary N) is 1. The molecule has 1 aliphatic heterocycles. The molecule has 1 fully saturated rings. The number of rotatable bonds is 6. The Kier molecular flexibility index (Phi) is 6.42. The second-order valence-corrected chi connectivity index (χ2v) is 7.70. The molecule has 4 rings (SSSR count). The van der Waals surface area contributed by atoms with E-state index in [-0.39, 0.29) is 23.4 Å². The lowest BCUT2D eigenvalue weighted by Gasteiger charge is -2.26. The fraction of sp³-hybridized carbons (Fsp3) is 0.0400. The van der Waals surface area contributed by atoms with E-state index in [0.717, 1.165) is 10.5 Å². The number of anilines is 1. The van der Waals surface area contributed by atoms with Crippen LogP contribution in [0.2, 0.25) is 5.02 Å². The van der Waals surface area contributed by atoms with Crippen LogP contribution in [-0.4, -0.2) is 28.9 Å². The van der Waals surface area contributed by atoms with Crippen molar-refractivity contribution in [3.8, 4) is 5.75 Å². The number of para-hydroxylation sites is 1. The number of aromatic carboxylic acids is 1. The molecule has 1 saturated heterocycles. The van der Waals surface area contributed by atoms with Crippen molar-refractivity contribution in [2.24, 2.45) is 0 Å². The molecule has 3 aromatic rings. The predicted molar refractivity (Wildman–Crippen MR) is 125 cm³/mol. The highest BCUT2D eigenvalue weighted by molar-refractivity contribution is 6.39. The van der Waals surface area contributed by atoms with Gasteiger partial charge in [0, 0.05) is 10.6 Å². The van der Waals surface area contributed by atoms with Gasteiger partial charge in [-0.15, -0.1) is 0 Å². The van der Waals surface area contributed by atoms with Crippen LogP contribution in [0.3, 0.4) is 0 Å². The quantitative estimate of drug-likeness (QED) is 0.405. The number of benzene rings is 3. The number of amides is 4. The van der Waals surface area contributed by atoms with E-state index in [1.807, 2.05) is 0 Å². The summed E-state index contributed by atoms with van der Waals surface area (Å²) in [5.74, 6) is -2.23. The largest absolute Gasteiger partial charge is 0.488 e. The van der Waals surface area contributed by atoms with Gasteiger partial charge in [-0.1, -0.05) is 41.9 Å². The fourth-order valence-corrected chi connectivity index (χ4v) is 3.40. The molecule has 34 heavy (non-hydrogen) atoms. The molecule has 8 nitrogen and oxygen atoms in total. The summed E-state index contributed by atoms with van der Waals surface area (Å²) in [6, 6.07) is 18.2. The topological polar surface area (TPSA) is 113 Å². The van der Waals surface area contributed by atoms with Gasteiger partial charge in [0.2, 0.25) is 0 Å². The van der Waals surface area contributed by atoms with Gasteiger partial charge in [0.05, 0.1) is 11.3 Å². The molecular weight excluding hydrogens is 460 g/mol. The van der Waals surface area contributed by atoms with Crippen LogP contribution in [0.5, 0.6) is 5.75 Å². The summed E-state index contributed by atoms with van der Waals surface area (Å²) in [6.07, 6.45) is 1.36. The Morgan fingerprint density at radius 1 is 0.971 bits per heavy atom. The molecule has 0 aliphatic carbocycles. The molecule has 4 amide bonds. The summed E-state index contributed by atoms with van der Waals surface area (Å²) in [6.45, 7) is 0.135. The van der Waals surface area contributed by atoms with Gasteiger partial charge in [-0.05, 0) is 54.1 Å². The third-order valence-electron chi connectivity index (χ3n) is 5.00. The molecular formula is C25H17ClN2O6. The number of carbonyl (C=O) groups excluding carboxylic acids is 3. The van der Waals surface area contributed by atoms with E-state index in [1.165, 1.54) is 42.5 Å². The Balaban J connectivity index is 1.59. The van der Waals surface area contributed by atoms with Gasteiger partial charge in [0.25, 0.3) is 11.8 Å². The fourth-order valence-electron chi connectivity index (χ4n) is 3.27. The lowest BCUT2D eigenvalue weighted by atomic mass is 10.1. The van der Waals surface area contributed by atoms with Crippen molar-refractivity contribution in [2.75, 3.05) is 4.90 Å². The summed E-state index contributed by atoms with van der Waals surface area (Å²) < 4.78 is 5.85. The lowest BCUT2D eigenvalue weighted by Crippen LogP contribution is -2.54. The molecule has 2 N–H and O–H groups in total. The molecule has 0 atom stereocenters. The van der Waals surface area contributed by atoms with Crippen molar-refractivity contribution in [1.82, 2.24) is 5.32 Å². The van der Waals surface area contributed by atoms with Crippen molar-refractivity contribution in [2.45, 2.75) is 6.61 Å². The molecule has 1 heterocycles. The van der Waals surface area contributed by atoms with Crippen LogP contribution in [0, 0.1) is 0 Å². The third-order valence-corrected chi connectivity index (χ3v) is 5.25. The van der Waals surface area contributed by atoms with Crippen molar-refractivity contribution < 1.29 is 29.0 Å². The number of ether oxygens (including phenoxy) is 1. The van der Waals surface area contributed by atoms with Crippen LogP contribution in [-0.2, 0) is 16.2 Å². The molecule has 0 unspecified atom stereocenters. The molecule has 170 valence electrons. The first-order valence-electron chi connectivity index (χ1n) is 10.0. The van der Waals surface area contributed by atoms with Crippen molar-refractivity contribution in [3.05, 3.63) is 100 Å². The molecule has 3 aromatic carbocycles. The van der Waals surface area contributed by atoms with Crippen LogP contribution < -0.4 is 15.0 Å². The predicted octanol–water partition coefficient (Wildman–Crippen LogP) is 4.28. The van der Waals surface area contributed by atoms with Crippen LogP contribution in [0.4, 0.5) is 10.5 Å². The molecule has 0 spiro atoms. The van der Waals surface area contributed by atoms with Gasteiger partial charge in [-0.3, -0.25) is 14.9 Å². The minimum absolute atomic E-state index is 0.135. The number of hydrogen-bond acceptors (Lipinski definition) is 5. The Morgan fingerprint density at radius 2 is 1.65 bits per heavy atom. The molecule has 1 aliphatic rings. The summed E-state index contributed by atoms with van der Waals surface area (Å²) in [4.78, 5) is 49.7. The van der Waals surface area contributed by atoms with E-state index in [4.69, 9.17) is 21.4 Å². The van der Waals surface area contributed by atoms with Gasteiger partial charge in [-0.2, -0.15) is 0 Å². The molecule has 0 aromatic heterocycles. The van der Waals surface area contributed by atoms with E-state index in [1.54, 1.807) is 36.4 Å². The highest BCUT2D eigenvalue weighted by Gasteiger charge is 2.36. The van der Waals surface area contributed by atoms with Gasteiger partial charge in [0.15, 0.2) is 0 Å². The van der Waals surface area contributed by atoms with E-state index < -0.39 is 23.8 Å². The zero-order chi connectivity index (χ0) is 24.2. The molecule has 0 radical (unpaired) electrons. The van der Waals surface area contributed by atoms with Crippen molar-refractivity contribution >= 4 is 47.2 Å². The SMILES string of the molecule is O=C1NC(=O)N(c2ccc(Cl)cc2)C(=O)/C1=C/c1ccccc1OCc1ccc(C(=O)O)cc1. The average molecular weight is 477 g/mol. The number of hydrogen-bond donors (Lipinski definition) is 2. The first-order chi connectivity index (χ1) is 16.3. The first-order valence-corrected chi connectivity index (χ1v) is 10.4. The highest BCUT2D eigenvalue weighted by Crippen LogP contribution is 2.26. The van der Waals surface area contributed by atoms with Crippen molar-refractivity contribution in [1.29, 1.82) is 0 Å². The number of carbonyl (C=O) groups is 4. The summed E-state index contributed by atoms with van der Waals surface area (Å²) in [7, 11) is 0. The number of barbiturate groups is 1. The van der Waals surface area contributed by atoms with Crippen LogP contribution in [0.1, 0.15) is 21.5 Å². The Hall–Kier alpha value is -4.43. The highest BCUT2D eigenvalue weighted by atomic mass is 35.5. The van der Waals surface area contributed by atoms with Crippen LogP contribution in [0.25, 0.3) is 6.08 Å². The zero-order valence-electron chi connectivity index (χ0n) is 17.5. The van der Waals surface area contributed by atoms with Gasteiger partial charge in [0.1, 0.15) is 17.9 Å². The summed E-state index contributed by atoms with van der Waals surface area (Å²) >= 11 is 5.89. The maximum Gasteiger partial charge on any atom is 0.335 e. The summed E-state index contributed by atoms with van der Waals surface area (Å²) in [5.41, 5.74) is 1.37. The van der Waals surface area contributed by atoms with Crippen LogP contribution >= 0.6 is 11.6 Å². The Labute approximate surface area is 199 Å². The second kappa shape index (κ2) is 9.60. The smallest absolute Gasteiger partial charge is 0.335 e. The number of urea groups is 1. The number of halogens is 1. The van der Waals surface area contributed by atoms with E-state index in [9.17, 15) is 19.2 Å². The third kappa shape index (κ3) is 4.82. The van der Waals surface area contributed by atoms with Gasteiger partial charge in [-0.25, -0.2) is 14.5 Å². The zero-order valence-corrected chi connectivity index (χ0v) is 18.3. The van der Waals surface area contributed by atoms with Gasteiger partial charge < -0.3 is 9.84 Å². The van der Waals surface area contributed by atoms with E-state index >= 15 is 0 Å². The maximum atomic E-state index is 13.1. The Bertz CT molecular complexity index is 1320. The number of carboxylic acid groups (broad SMARTS) is 1. The average Bonchev–Trinajstić information content (AvgIpc) is 2.82. The Morgan fingerprint density at radius 3 is 2.32 bits per heavy atom. The number of carboxylic acids is 1. The van der Waals surface area contributed by atoms with Crippen molar-refractivity contribution in [3.63, 3.8) is 0 Å². The number of imide groups is 2. The summed E-state index contributed by atoms with van der Waals surface area (Å²) in [5, 5.41) is 11.6. The van der Waals surface area contributed by atoms with Crippen LogP contribution in [0.15, 0.2) is 78.4 Å². The number of nitrogens with zero attached hydrogens (tertiary/aromatic N) is 1. The van der Waals surface area contributed by atoms with Gasteiger partial charge >= 0.3 is 12.0 Å². The second-order valence-electron chi connectivity index (χ2n) is 7.26. The normalized spacial score (nSPS) is 14.8. The standard InChI is InChI=1S/C25H17ClN2O6/c26-18-9-11-19(12-10-18)28-23(30)20(22(29)27-25(28)33)13-17-3-1-2-4-21(17)34-14-15-5-7-16(8-6-15)24(31)32/h1-13H,14H2,(H,31,32)(H,27,29,33)/b20-13+. The molecule has 0 saturated carbocycles. The van der Waals surface area contributed by atoms with E-state index in [2.05, 4.69) is 5.32 Å². The minimum atomic E-state index is -1.02. The molecule has 0 bridgehead atoms. The maximum absolute atomic E-state index is 13.1. The molecule has 9 heteroatoms. The van der Waals surface area contributed by atoms with E-state index in [0.29, 0.717) is 16.3 Å². The minimum Gasteiger partial charge on any atom is -0.488 e. The first kappa shape index (κ1) is 22.8. The lowest BCUT2D eigenvalue weighted by molar-refractivity contribution is -0.122.